The third kappa shape index (κ3) is 2.76. The van der Waals surface area contributed by atoms with E-state index in [-0.39, 0.29) is 0 Å². The van der Waals surface area contributed by atoms with Gasteiger partial charge < -0.3 is 14.9 Å². The Morgan fingerprint density at radius 1 is 1.42 bits per heavy atom. The maximum absolute atomic E-state index is 11.3. The van der Waals surface area contributed by atoms with Gasteiger partial charge in [0.2, 0.25) is 0 Å². The van der Waals surface area contributed by atoms with Crippen LogP contribution in [0, 0.1) is 6.92 Å². The summed E-state index contributed by atoms with van der Waals surface area (Å²) in [7, 11) is 0. The number of carbonyl (C=O) groups excluding carboxylic acids is 1. The molecule has 2 rings (SSSR count). The number of nitrogens with two attached hydrogens (primary N) is 1. The molecule has 2 N–H and O–H groups in total. The number of fused-ring (bicyclic) bond motifs is 1. The molecule has 0 aliphatic carbocycles. The van der Waals surface area contributed by atoms with Gasteiger partial charge in [0.25, 0.3) is 5.91 Å². The lowest BCUT2D eigenvalue weighted by molar-refractivity contribution is -0.124. The lowest BCUT2D eigenvalue weighted by Gasteiger charge is -2.14. The molecule has 0 spiro atoms. The zero-order valence-corrected chi connectivity index (χ0v) is 10.8. The average Bonchev–Trinajstić information content (AvgIpc) is 2.34. The first-order chi connectivity index (χ1) is 9.01. The highest BCUT2D eigenvalue weighted by atomic mass is 16.5. The van der Waals surface area contributed by atoms with Crippen molar-refractivity contribution in [3.8, 4) is 5.75 Å². The van der Waals surface area contributed by atoms with Gasteiger partial charge >= 0.3 is 5.63 Å². The van der Waals surface area contributed by atoms with Crippen LogP contribution in [0.2, 0.25) is 0 Å². The summed E-state index contributed by atoms with van der Waals surface area (Å²) in [5, 5.41) is 0.832. The van der Waals surface area contributed by atoms with Crippen LogP contribution in [0.25, 0.3) is 11.0 Å². The molecule has 1 atom stereocenters. The Morgan fingerprint density at radius 2 is 2.16 bits per heavy atom. The molecule has 2 aromatic rings. The summed E-state index contributed by atoms with van der Waals surface area (Å²) < 4.78 is 10.6. The Morgan fingerprint density at radius 3 is 2.79 bits per heavy atom. The van der Waals surface area contributed by atoms with Crippen LogP contribution in [-0.4, -0.2) is 12.0 Å². The molecule has 0 aliphatic heterocycles. The summed E-state index contributed by atoms with van der Waals surface area (Å²) in [4.78, 5) is 22.5. The Kier molecular flexibility index (Phi) is 3.55. The average molecular weight is 261 g/mol. The fourth-order valence-electron chi connectivity index (χ4n) is 1.89. The molecule has 0 saturated carbocycles. The van der Waals surface area contributed by atoms with Crippen LogP contribution in [0.3, 0.4) is 0 Å². The quantitative estimate of drug-likeness (QED) is 0.850. The van der Waals surface area contributed by atoms with E-state index in [1.54, 1.807) is 25.1 Å². The lowest BCUT2D eigenvalue weighted by atomic mass is 10.1. The highest BCUT2D eigenvalue weighted by Gasteiger charge is 2.15. The molecule has 0 fully saturated rings. The second-order valence-electron chi connectivity index (χ2n) is 4.32. The number of carbonyl (C=O) groups is 1. The molecular weight excluding hydrogens is 246 g/mol. The van der Waals surface area contributed by atoms with Crippen molar-refractivity contribution in [1.82, 2.24) is 0 Å². The van der Waals surface area contributed by atoms with Crippen molar-refractivity contribution in [2.75, 3.05) is 0 Å². The zero-order chi connectivity index (χ0) is 14.0. The number of rotatable bonds is 4. The highest BCUT2D eigenvalue weighted by Crippen LogP contribution is 2.23. The number of ether oxygens (including phenoxy) is 1. The number of hydrogen-bond acceptors (Lipinski definition) is 4. The molecular formula is C14H15NO4. The van der Waals surface area contributed by atoms with Gasteiger partial charge in [0.15, 0.2) is 6.10 Å². The molecule has 1 aromatic carbocycles. The van der Waals surface area contributed by atoms with Crippen molar-refractivity contribution in [3.05, 3.63) is 40.2 Å². The first-order valence-corrected chi connectivity index (χ1v) is 6.01. The second kappa shape index (κ2) is 5.14. The molecule has 5 nitrogen and oxygen atoms in total. The first kappa shape index (κ1) is 13.1. The molecule has 0 bridgehead atoms. The third-order valence-corrected chi connectivity index (χ3v) is 2.89. The predicted octanol–water partition coefficient (Wildman–Crippen LogP) is 1.74. The minimum Gasteiger partial charge on any atom is -0.480 e. The number of primary amides is 1. The van der Waals surface area contributed by atoms with Gasteiger partial charge in [0, 0.05) is 17.5 Å². The van der Waals surface area contributed by atoms with E-state index in [1.165, 1.54) is 6.07 Å². The van der Waals surface area contributed by atoms with E-state index >= 15 is 0 Å². The molecule has 0 saturated heterocycles. The van der Waals surface area contributed by atoms with E-state index in [0.29, 0.717) is 17.8 Å². The molecule has 5 heteroatoms. The molecule has 1 amide bonds. The van der Waals surface area contributed by atoms with E-state index in [9.17, 15) is 9.59 Å². The van der Waals surface area contributed by atoms with Gasteiger partial charge in [-0.15, -0.1) is 0 Å². The first-order valence-electron chi connectivity index (χ1n) is 6.01. The largest absolute Gasteiger partial charge is 0.480 e. The van der Waals surface area contributed by atoms with Crippen LogP contribution in [0.5, 0.6) is 5.75 Å². The van der Waals surface area contributed by atoms with Crippen molar-refractivity contribution in [2.45, 2.75) is 26.4 Å². The summed E-state index contributed by atoms with van der Waals surface area (Å²) in [6.07, 6.45) is -0.209. The van der Waals surface area contributed by atoms with Crippen LogP contribution in [0.15, 0.2) is 33.5 Å². The molecule has 0 radical (unpaired) electrons. The van der Waals surface area contributed by atoms with Gasteiger partial charge in [-0.25, -0.2) is 4.79 Å². The minimum absolute atomic E-state index is 0.413. The van der Waals surface area contributed by atoms with Gasteiger partial charge in [0.05, 0.1) is 0 Å². The summed E-state index contributed by atoms with van der Waals surface area (Å²) in [5.41, 5.74) is 6.07. The van der Waals surface area contributed by atoms with Crippen molar-refractivity contribution in [3.63, 3.8) is 0 Å². The smallest absolute Gasteiger partial charge is 0.336 e. The van der Waals surface area contributed by atoms with Crippen LogP contribution in [-0.2, 0) is 4.79 Å². The fourth-order valence-corrected chi connectivity index (χ4v) is 1.89. The van der Waals surface area contributed by atoms with Crippen molar-refractivity contribution in [1.29, 1.82) is 0 Å². The maximum atomic E-state index is 11.3. The van der Waals surface area contributed by atoms with Gasteiger partial charge in [-0.1, -0.05) is 6.92 Å². The molecule has 1 aromatic heterocycles. The van der Waals surface area contributed by atoms with Crippen LogP contribution in [0.1, 0.15) is 18.9 Å². The monoisotopic (exact) mass is 261 g/mol. The van der Waals surface area contributed by atoms with Crippen LogP contribution < -0.4 is 16.1 Å². The summed E-state index contributed by atoms with van der Waals surface area (Å²) in [5.74, 6) is -0.0693. The second-order valence-corrected chi connectivity index (χ2v) is 4.32. The van der Waals surface area contributed by atoms with Gasteiger partial charge in [-0.05, 0) is 31.0 Å². The SMILES string of the molecule is CCC(Oc1ccc2c(C)cc(=O)oc2c1)C(N)=O. The molecule has 100 valence electrons. The minimum atomic E-state index is -0.686. The van der Waals surface area contributed by atoms with E-state index in [2.05, 4.69) is 0 Å². The van der Waals surface area contributed by atoms with Crippen molar-refractivity contribution in [2.24, 2.45) is 5.73 Å². The predicted molar refractivity (Wildman–Crippen MR) is 71.1 cm³/mol. The Bertz CT molecular complexity index is 675. The normalized spacial score (nSPS) is 12.3. The highest BCUT2D eigenvalue weighted by molar-refractivity contribution is 5.82. The van der Waals surface area contributed by atoms with E-state index in [0.717, 1.165) is 10.9 Å². The van der Waals surface area contributed by atoms with Crippen molar-refractivity contribution >= 4 is 16.9 Å². The molecule has 19 heavy (non-hydrogen) atoms. The van der Waals surface area contributed by atoms with Gasteiger partial charge in [-0.3, -0.25) is 4.79 Å². The summed E-state index contributed by atoms with van der Waals surface area (Å²) in [6.45, 7) is 3.64. The van der Waals surface area contributed by atoms with Gasteiger partial charge in [-0.2, -0.15) is 0 Å². The summed E-state index contributed by atoms with van der Waals surface area (Å²) >= 11 is 0. The number of benzene rings is 1. The molecule has 1 unspecified atom stereocenters. The Labute approximate surface area is 110 Å². The van der Waals surface area contributed by atoms with Crippen LogP contribution in [0.4, 0.5) is 0 Å². The van der Waals surface area contributed by atoms with E-state index in [4.69, 9.17) is 14.9 Å². The zero-order valence-electron chi connectivity index (χ0n) is 10.8. The summed E-state index contributed by atoms with van der Waals surface area (Å²) in [6, 6.07) is 6.54. The lowest BCUT2D eigenvalue weighted by Crippen LogP contribution is -2.32. The fraction of sp³-hybridized carbons (Fsp3) is 0.286. The molecule has 1 heterocycles. The van der Waals surface area contributed by atoms with Gasteiger partial charge in [0.1, 0.15) is 11.3 Å². The standard InChI is InChI=1S/C14H15NO4/c1-3-11(14(15)17)18-9-4-5-10-8(2)6-13(16)19-12(10)7-9/h4-7,11H,3H2,1-2H3,(H2,15,17). The number of aryl methyl sites for hydroxylation is 1. The van der Waals surface area contributed by atoms with Crippen LogP contribution >= 0.6 is 0 Å². The number of amides is 1. The van der Waals surface area contributed by atoms with E-state index < -0.39 is 17.6 Å². The van der Waals surface area contributed by atoms with E-state index in [1.807, 2.05) is 6.92 Å². The maximum Gasteiger partial charge on any atom is 0.336 e. The Balaban J connectivity index is 2.41. The Hall–Kier alpha value is -2.30. The van der Waals surface area contributed by atoms with Crippen molar-refractivity contribution < 1.29 is 13.9 Å². The third-order valence-electron chi connectivity index (χ3n) is 2.89. The number of hydrogen-bond donors (Lipinski definition) is 1. The molecule has 0 aliphatic rings. The topological polar surface area (TPSA) is 82.5 Å².